The minimum absolute atomic E-state index is 0.381. The number of hydrogen-bond donors (Lipinski definition) is 1. The highest BCUT2D eigenvalue weighted by atomic mass is 16.5. The first-order valence-corrected chi connectivity index (χ1v) is 8.57. The van der Waals surface area contributed by atoms with Gasteiger partial charge >= 0.3 is 0 Å². The molecule has 4 aromatic rings. The molecule has 4 rings (SSSR count). The molecule has 0 fully saturated rings. The molecule has 0 amide bonds. The molecule has 6 nitrogen and oxygen atoms in total. The first-order chi connectivity index (χ1) is 13.2. The van der Waals surface area contributed by atoms with E-state index in [0.29, 0.717) is 18.1 Å². The Morgan fingerprint density at radius 1 is 1.11 bits per heavy atom. The summed E-state index contributed by atoms with van der Waals surface area (Å²) in [5.41, 5.74) is 9.52. The van der Waals surface area contributed by atoms with E-state index < -0.39 is 0 Å². The van der Waals surface area contributed by atoms with Gasteiger partial charge in [0.25, 0.3) is 0 Å². The molecule has 6 heteroatoms. The number of pyridine rings is 1. The van der Waals surface area contributed by atoms with Crippen LogP contribution < -0.4 is 10.5 Å². The van der Waals surface area contributed by atoms with Crippen LogP contribution >= 0.6 is 0 Å². The zero-order valence-corrected chi connectivity index (χ0v) is 14.9. The van der Waals surface area contributed by atoms with E-state index in [4.69, 9.17) is 10.5 Å². The molecule has 2 heterocycles. The average molecular weight is 357 g/mol. The van der Waals surface area contributed by atoms with Gasteiger partial charge in [0.2, 0.25) is 0 Å². The van der Waals surface area contributed by atoms with Crippen molar-refractivity contribution in [2.75, 3.05) is 7.11 Å². The molecule has 2 aromatic carbocycles. The summed E-state index contributed by atoms with van der Waals surface area (Å²) in [6.45, 7) is 0.668. The number of nitrogens with two attached hydrogens (primary N) is 1. The van der Waals surface area contributed by atoms with E-state index in [0.717, 1.165) is 27.9 Å². The van der Waals surface area contributed by atoms with E-state index in [2.05, 4.69) is 15.1 Å². The van der Waals surface area contributed by atoms with Crippen molar-refractivity contribution >= 4 is 22.4 Å². The molecule has 0 aliphatic carbocycles. The standard InChI is InChI=1S/C21H19N5O/c1-27-18-9-7-15(8-10-18)13-26-14-16-11-19(23-12-20(16)25-26)21(22)24-17-5-3-2-4-6-17/h2-12,14H,13H2,1H3,(H2,22,24). The van der Waals surface area contributed by atoms with Crippen molar-refractivity contribution in [3.05, 3.63) is 84.3 Å². The van der Waals surface area contributed by atoms with Crippen LogP contribution in [0.5, 0.6) is 5.75 Å². The molecule has 0 bridgehead atoms. The average Bonchev–Trinajstić information content (AvgIpc) is 3.10. The Morgan fingerprint density at radius 3 is 2.63 bits per heavy atom. The van der Waals surface area contributed by atoms with Gasteiger partial charge in [-0.25, -0.2) is 4.99 Å². The molecule has 0 saturated carbocycles. The summed E-state index contributed by atoms with van der Waals surface area (Å²) in [4.78, 5) is 8.82. The largest absolute Gasteiger partial charge is 0.497 e. The Kier molecular flexibility index (Phi) is 4.53. The number of nitrogens with zero attached hydrogens (tertiary/aromatic N) is 4. The molecule has 0 radical (unpaired) electrons. The second-order valence-corrected chi connectivity index (χ2v) is 6.14. The summed E-state index contributed by atoms with van der Waals surface area (Å²) in [5.74, 6) is 1.22. The lowest BCUT2D eigenvalue weighted by Gasteiger charge is -2.03. The first kappa shape index (κ1) is 16.8. The molecule has 2 N–H and O–H groups in total. The van der Waals surface area contributed by atoms with Crippen LogP contribution in [-0.2, 0) is 6.54 Å². The number of hydrogen-bond acceptors (Lipinski definition) is 4. The minimum atomic E-state index is 0.381. The highest BCUT2D eigenvalue weighted by Crippen LogP contribution is 2.17. The topological polar surface area (TPSA) is 78.3 Å². The Balaban J connectivity index is 1.58. The van der Waals surface area contributed by atoms with Gasteiger partial charge in [-0.3, -0.25) is 9.67 Å². The summed E-state index contributed by atoms with van der Waals surface area (Å²) in [6, 6.07) is 19.4. The quantitative estimate of drug-likeness (QED) is 0.438. The van der Waals surface area contributed by atoms with Crippen LogP contribution in [0, 0.1) is 0 Å². The third-order valence-electron chi connectivity index (χ3n) is 4.21. The van der Waals surface area contributed by atoms with Gasteiger partial charge in [-0.2, -0.15) is 5.10 Å². The van der Waals surface area contributed by atoms with Gasteiger partial charge in [-0.1, -0.05) is 30.3 Å². The number of aromatic nitrogens is 3. The summed E-state index contributed by atoms with van der Waals surface area (Å²) in [5, 5.41) is 5.55. The number of para-hydroxylation sites is 1. The maximum absolute atomic E-state index is 6.12. The highest BCUT2D eigenvalue weighted by molar-refractivity contribution is 5.99. The molecule has 0 saturated heterocycles. The van der Waals surface area contributed by atoms with Crippen LogP contribution in [0.1, 0.15) is 11.3 Å². The van der Waals surface area contributed by atoms with Crippen LogP contribution in [0.25, 0.3) is 10.9 Å². The van der Waals surface area contributed by atoms with Crippen molar-refractivity contribution < 1.29 is 4.74 Å². The van der Waals surface area contributed by atoms with E-state index in [-0.39, 0.29) is 0 Å². The molecule has 0 aliphatic rings. The molecule has 2 aromatic heterocycles. The van der Waals surface area contributed by atoms with Gasteiger partial charge in [0, 0.05) is 11.6 Å². The Morgan fingerprint density at radius 2 is 1.89 bits per heavy atom. The minimum Gasteiger partial charge on any atom is -0.497 e. The second kappa shape index (κ2) is 7.29. The fraction of sp³-hybridized carbons (Fsp3) is 0.0952. The first-order valence-electron chi connectivity index (χ1n) is 8.57. The monoisotopic (exact) mass is 357 g/mol. The predicted octanol–water partition coefficient (Wildman–Crippen LogP) is 3.53. The third kappa shape index (κ3) is 3.79. The molecule has 0 aliphatic heterocycles. The molecular weight excluding hydrogens is 338 g/mol. The van der Waals surface area contributed by atoms with E-state index in [9.17, 15) is 0 Å². The van der Waals surface area contributed by atoms with Crippen LogP contribution in [0.3, 0.4) is 0 Å². The Labute approximate surface area is 156 Å². The number of methoxy groups -OCH3 is 1. The van der Waals surface area contributed by atoms with Crippen LogP contribution in [0.4, 0.5) is 5.69 Å². The van der Waals surface area contributed by atoms with Gasteiger partial charge in [-0.05, 0) is 35.9 Å². The van der Waals surface area contributed by atoms with Crippen molar-refractivity contribution in [1.82, 2.24) is 14.8 Å². The third-order valence-corrected chi connectivity index (χ3v) is 4.21. The van der Waals surface area contributed by atoms with Gasteiger partial charge in [-0.15, -0.1) is 0 Å². The molecule has 0 unspecified atom stereocenters. The summed E-state index contributed by atoms with van der Waals surface area (Å²) in [6.07, 6.45) is 3.71. The van der Waals surface area contributed by atoms with E-state index in [1.54, 1.807) is 13.3 Å². The highest BCUT2D eigenvalue weighted by Gasteiger charge is 2.07. The number of fused-ring (bicyclic) bond motifs is 1. The lowest BCUT2D eigenvalue weighted by molar-refractivity contribution is 0.414. The zero-order valence-electron chi connectivity index (χ0n) is 14.9. The fourth-order valence-electron chi connectivity index (χ4n) is 2.82. The van der Waals surface area contributed by atoms with Crippen LogP contribution in [0.2, 0.25) is 0 Å². The number of benzene rings is 2. The van der Waals surface area contributed by atoms with E-state index >= 15 is 0 Å². The lowest BCUT2D eigenvalue weighted by Crippen LogP contribution is -2.14. The van der Waals surface area contributed by atoms with Gasteiger partial charge < -0.3 is 10.5 Å². The van der Waals surface area contributed by atoms with Gasteiger partial charge in [0.1, 0.15) is 22.8 Å². The van der Waals surface area contributed by atoms with E-state index in [1.807, 2.05) is 71.5 Å². The SMILES string of the molecule is COc1ccc(Cn2cc3cc(C(N)=Nc4ccccc4)ncc3n2)cc1. The van der Waals surface area contributed by atoms with E-state index in [1.165, 1.54) is 0 Å². The summed E-state index contributed by atoms with van der Waals surface area (Å²) < 4.78 is 7.08. The molecule has 27 heavy (non-hydrogen) atoms. The van der Waals surface area contributed by atoms with Crippen LogP contribution in [-0.4, -0.2) is 27.7 Å². The van der Waals surface area contributed by atoms with Crippen LogP contribution in [0.15, 0.2) is 78.0 Å². The Bertz CT molecular complexity index is 1080. The fourth-order valence-corrected chi connectivity index (χ4v) is 2.82. The number of aliphatic imine (C=N–C) groups is 1. The van der Waals surface area contributed by atoms with Crippen molar-refractivity contribution in [2.24, 2.45) is 10.7 Å². The number of rotatable bonds is 5. The number of amidine groups is 1. The normalized spacial score (nSPS) is 11.7. The molecule has 0 spiro atoms. The number of ether oxygens (including phenoxy) is 1. The summed E-state index contributed by atoms with van der Waals surface area (Å²) >= 11 is 0. The molecule has 134 valence electrons. The summed E-state index contributed by atoms with van der Waals surface area (Å²) in [7, 11) is 1.66. The smallest absolute Gasteiger partial charge is 0.150 e. The maximum Gasteiger partial charge on any atom is 0.150 e. The maximum atomic E-state index is 6.12. The molecule has 0 atom stereocenters. The Hall–Kier alpha value is -3.67. The molecular formula is C21H19N5O. The van der Waals surface area contributed by atoms with Crippen molar-refractivity contribution in [1.29, 1.82) is 0 Å². The predicted molar refractivity (Wildman–Crippen MR) is 106 cm³/mol. The zero-order chi connectivity index (χ0) is 18.6. The second-order valence-electron chi connectivity index (χ2n) is 6.14. The lowest BCUT2D eigenvalue weighted by atomic mass is 10.2. The van der Waals surface area contributed by atoms with Crippen molar-refractivity contribution in [2.45, 2.75) is 6.54 Å². The van der Waals surface area contributed by atoms with Gasteiger partial charge in [0.05, 0.1) is 25.5 Å². The van der Waals surface area contributed by atoms with Crippen molar-refractivity contribution in [3.8, 4) is 5.75 Å². The van der Waals surface area contributed by atoms with Crippen molar-refractivity contribution in [3.63, 3.8) is 0 Å². The van der Waals surface area contributed by atoms with Gasteiger partial charge in [0.15, 0.2) is 0 Å².